The summed E-state index contributed by atoms with van der Waals surface area (Å²) >= 11 is 0. The largest absolute Gasteiger partial charge is 0.364 e. The quantitative estimate of drug-likeness (QED) is 0.454. The van der Waals surface area contributed by atoms with Crippen LogP contribution in [0.5, 0.6) is 0 Å². The number of halogens is 2. The van der Waals surface area contributed by atoms with Crippen LogP contribution >= 0.6 is 0 Å². The van der Waals surface area contributed by atoms with Gasteiger partial charge in [0.2, 0.25) is 5.78 Å². The van der Waals surface area contributed by atoms with Crippen LogP contribution in [-0.2, 0) is 16.1 Å². The Kier molecular flexibility index (Phi) is 7.13. The Balaban J connectivity index is 1.24. The Bertz CT molecular complexity index is 984. The highest BCUT2D eigenvalue weighted by molar-refractivity contribution is 6.27. The minimum Gasteiger partial charge on any atom is -0.364 e. The van der Waals surface area contributed by atoms with Crippen LogP contribution in [0.15, 0.2) is 6.07 Å². The Morgan fingerprint density at radius 2 is 1.83 bits per heavy atom. The number of nitrogens with zero attached hydrogens (tertiary/aromatic N) is 3. The smallest absolute Gasteiger partial charge is 0.255 e. The molecule has 8 nitrogen and oxygen atoms in total. The lowest BCUT2D eigenvalue weighted by Crippen LogP contribution is -2.52. The number of ketones is 1. The van der Waals surface area contributed by atoms with E-state index in [1.54, 1.807) is 9.80 Å². The van der Waals surface area contributed by atoms with Crippen molar-refractivity contribution in [3.8, 4) is 0 Å². The number of hydrogen-bond acceptors (Lipinski definition) is 7. The van der Waals surface area contributed by atoms with E-state index in [1.807, 2.05) is 0 Å². The number of fused-ring (bicyclic) bond motifs is 1. The Morgan fingerprint density at radius 1 is 1.09 bits per heavy atom. The van der Waals surface area contributed by atoms with Gasteiger partial charge in [0, 0.05) is 50.9 Å². The molecule has 1 aromatic carbocycles. The van der Waals surface area contributed by atoms with E-state index in [4.69, 9.17) is 0 Å². The molecule has 0 aromatic heterocycles. The first-order valence-electron chi connectivity index (χ1n) is 12.7. The molecule has 0 spiro atoms. The first kappa shape index (κ1) is 24.3. The van der Waals surface area contributed by atoms with Gasteiger partial charge in [-0.15, -0.1) is 0 Å². The van der Waals surface area contributed by atoms with Gasteiger partial charge in [-0.3, -0.25) is 19.3 Å². The fraction of sp³-hybridized carbons (Fsp3) is 0.640. The summed E-state index contributed by atoms with van der Waals surface area (Å²) < 4.78 is 30.8. The molecule has 4 heterocycles. The first-order chi connectivity index (χ1) is 17.0. The standard InChI is InChI=1S/C25H33F2N5O3/c26-20-11-18-19(14-32(25(18)35)17-1-2-21(29-12-17)22(34)15-33)23(27)24(20)31-9-7-30(8-10-31)13-16-3-5-28-6-4-16/h11,15-17,21,28-29H,1-10,12-14H2. The minimum absolute atomic E-state index is 0.0293. The third-order valence-electron chi connectivity index (χ3n) is 8.07. The van der Waals surface area contributed by atoms with Crippen molar-refractivity contribution in [1.82, 2.24) is 20.4 Å². The maximum atomic E-state index is 15.6. The predicted molar refractivity (Wildman–Crippen MR) is 126 cm³/mol. The van der Waals surface area contributed by atoms with E-state index < -0.39 is 23.5 Å². The number of rotatable bonds is 6. The average molecular weight is 490 g/mol. The molecule has 3 saturated heterocycles. The zero-order chi connectivity index (χ0) is 24.5. The third kappa shape index (κ3) is 4.83. The van der Waals surface area contributed by atoms with Crippen molar-refractivity contribution in [3.05, 3.63) is 28.8 Å². The number of benzene rings is 1. The molecule has 2 atom stereocenters. The molecular formula is C25H33F2N5O3. The van der Waals surface area contributed by atoms with E-state index in [2.05, 4.69) is 15.5 Å². The summed E-state index contributed by atoms with van der Waals surface area (Å²) in [5.74, 6) is -1.55. The summed E-state index contributed by atoms with van der Waals surface area (Å²) in [6, 6.07) is 0.403. The Morgan fingerprint density at radius 3 is 2.49 bits per heavy atom. The van der Waals surface area contributed by atoms with Gasteiger partial charge < -0.3 is 20.4 Å². The average Bonchev–Trinajstić information content (AvgIpc) is 3.21. The topological polar surface area (TPSA) is 85.0 Å². The minimum atomic E-state index is -0.693. The number of hydrogen-bond donors (Lipinski definition) is 2. The van der Waals surface area contributed by atoms with E-state index >= 15 is 8.78 Å². The molecule has 1 amide bonds. The van der Waals surface area contributed by atoms with Gasteiger partial charge in [-0.2, -0.15) is 0 Å². The van der Waals surface area contributed by atoms with Gasteiger partial charge in [0.05, 0.1) is 18.2 Å². The molecule has 10 heteroatoms. The van der Waals surface area contributed by atoms with Crippen molar-refractivity contribution in [1.29, 1.82) is 0 Å². The second-order valence-electron chi connectivity index (χ2n) is 10.2. The van der Waals surface area contributed by atoms with Crippen LogP contribution < -0.4 is 15.5 Å². The molecule has 3 fully saturated rings. The molecule has 0 radical (unpaired) electrons. The summed E-state index contributed by atoms with van der Waals surface area (Å²) in [6.07, 6.45) is 3.59. The summed E-state index contributed by atoms with van der Waals surface area (Å²) in [4.78, 5) is 41.1. The van der Waals surface area contributed by atoms with Crippen LogP contribution in [0.2, 0.25) is 0 Å². The van der Waals surface area contributed by atoms with Gasteiger partial charge in [-0.1, -0.05) is 0 Å². The summed E-state index contributed by atoms with van der Waals surface area (Å²) in [6.45, 7) is 6.19. The second kappa shape index (κ2) is 10.3. The predicted octanol–water partition coefficient (Wildman–Crippen LogP) is 0.931. The molecule has 5 rings (SSSR count). The Labute approximate surface area is 204 Å². The summed E-state index contributed by atoms with van der Waals surface area (Å²) in [5.41, 5.74) is 0.298. The first-order valence-corrected chi connectivity index (χ1v) is 12.7. The van der Waals surface area contributed by atoms with Crippen LogP contribution in [0.4, 0.5) is 14.5 Å². The number of nitrogens with one attached hydrogen (secondary N) is 2. The van der Waals surface area contributed by atoms with Crippen molar-refractivity contribution in [2.45, 2.75) is 44.3 Å². The monoisotopic (exact) mass is 489 g/mol. The van der Waals surface area contributed by atoms with Gasteiger partial charge >= 0.3 is 0 Å². The van der Waals surface area contributed by atoms with Gasteiger partial charge in [-0.25, -0.2) is 8.78 Å². The van der Waals surface area contributed by atoms with Crippen molar-refractivity contribution >= 4 is 23.7 Å². The molecule has 1 aromatic rings. The molecule has 4 aliphatic rings. The van der Waals surface area contributed by atoms with Gasteiger partial charge in [0.1, 0.15) is 11.5 Å². The van der Waals surface area contributed by atoms with Crippen molar-refractivity contribution in [3.63, 3.8) is 0 Å². The van der Waals surface area contributed by atoms with E-state index in [9.17, 15) is 14.4 Å². The molecule has 4 aliphatic heterocycles. The van der Waals surface area contributed by atoms with Crippen LogP contribution in [0, 0.1) is 17.6 Å². The fourth-order valence-corrected chi connectivity index (χ4v) is 5.99. The van der Waals surface area contributed by atoms with Gasteiger partial charge in [0.15, 0.2) is 12.1 Å². The molecule has 0 bridgehead atoms. The van der Waals surface area contributed by atoms with Gasteiger partial charge in [0.25, 0.3) is 5.91 Å². The number of carbonyl (C=O) groups excluding carboxylic acids is 3. The number of piperidine rings is 2. The van der Waals surface area contributed by atoms with Crippen LogP contribution in [0.1, 0.15) is 41.6 Å². The van der Waals surface area contributed by atoms with Gasteiger partial charge in [-0.05, 0) is 50.8 Å². The second-order valence-corrected chi connectivity index (χ2v) is 10.2. The number of Topliss-reactive ketones (excluding diaryl/α,β-unsaturated/α-hetero) is 1. The van der Waals surface area contributed by atoms with Crippen molar-refractivity contribution in [2.75, 3.05) is 57.3 Å². The number of aldehydes is 1. The number of piperazine rings is 1. The number of anilines is 1. The normalized spacial score (nSPS) is 26.2. The molecule has 2 N–H and O–H groups in total. The molecule has 190 valence electrons. The van der Waals surface area contributed by atoms with E-state index in [0.717, 1.165) is 32.7 Å². The number of amides is 1. The fourth-order valence-electron chi connectivity index (χ4n) is 5.99. The van der Waals surface area contributed by atoms with Crippen LogP contribution in [-0.4, -0.2) is 92.2 Å². The highest BCUT2D eigenvalue weighted by Crippen LogP contribution is 2.36. The lowest BCUT2D eigenvalue weighted by atomic mass is 9.97. The maximum Gasteiger partial charge on any atom is 0.255 e. The highest BCUT2D eigenvalue weighted by Gasteiger charge is 2.39. The van der Waals surface area contributed by atoms with Crippen molar-refractivity contribution < 1.29 is 23.2 Å². The van der Waals surface area contributed by atoms with E-state index in [0.29, 0.717) is 44.7 Å². The maximum absolute atomic E-state index is 15.6. The summed E-state index contributed by atoms with van der Waals surface area (Å²) in [7, 11) is 0. The molecule has 2 unspecified atom stereocenters. The SMILES string of the molecule is O=CC(=O)C1CCC(N2Cc3c(cc(F)c(N4CCN(CC5CCNCC5)CC4)c3F)C2=O)CN1. The van der Waals surface area contributed by atoms with Crippen LogP contribution in [0.25, 0.3) is 0 Å². The lowest BCUT2D eigenvalue weighted by molar-refractivity contribution is -0.131. The zero-order valence-corrected chi connectivity index (χ0v) is 19.9. The number of carbonyl (C=O) groups is 3. The van der Waals surface area contributed by atoms with E-state index in [-0.39, 0.29) is 35.3 Å². The molecule has 35 heavy (non-hydrogen) atoms. The molecule has 0 aliphatic carbocycles. The Hall–Kier alpha value is -2.43. The zero-order valence-electron chi connectivity index (χ0n) is 19.9. The van der Waals surface area contributed by atoms with Crippen LogP contribution in [0.3, 0.4) is 0 Å². The molecule has 0 saturated carbocycles. The van der Waals surface area contributed by atoms with Crippen molar-refractivity contribution in [2.24, 2.45) is 5.92 Å². The van der Waals surface area contributed by atoms with E-state index in [1.165, 1.54) is 18.9 Å². The lowest BCUT2D eigenvalue weighted by Gasteiger charge is -2.38. The summed E-state index contributed by atoms with van der Waals surface area (Å²) in [5, 5.41) is 6.39. The molecular weight excluding hydrogens is 456 g/mol. The third-order valence-corrected chi connectivity index (χ3v) is 8.07. The highest BCUT2D eigenvalue weighted by atomic mass is 19.1.